The van der Waals surface area contributed by atoms with Crippen LogP contribution in [0.1, 0.15) is 37.4 Å². The molecule has 0 aliphatic carbocycles. The van der Waals surface area contributed by atoms with Gasteiger partial charge in [-0.05, 0) is 12.8 Å². The lowest BCUT2D eigenvalue weighted by atomic mass is 10.1. The Balaban J connectivity index is 1.88. The first-order valence-corrected chi connectivity index (χ1v) is 7.64. The summed E-state index contributed by atoms with van der Waals surface area (Å²) in [7, 11) is 1.84. The molecule has 0 bridgehead atoms. The molecule has 0 unspecified atom stereocenters. The Hall–Kier alpha value is -1.96. The zero-order chi connectivity index (χ0) is 15.4. The number of nitrogens with zero attached hydrogens (tertiary/aromatic N) is 4. The van der Waals surface area contributed by atoms with Crippen molar-refractivity contribution in [1.82, 2.24) is 25.3 Å². The lowest BCUT2D eigenvalue weighted by Gasteiger charge is -2.11. The van der Waals surface area contributed by atoms with Gasteiger partial charge in [0.1, 0.15) is 5.01 Å². The number of hydrogen-bond donors (Lipinski definition) is 2. The van der Waals surface area contributed by atoms with Crippen LogP contribution in [0.5, 0.6) is 0 Å². The summed E-state index contributed by atoms with van der Waals surface area (Å²) in [5.41, 5.74) is 0.949. The third-order valence-corrected chi connectivity index (χ3v) is 3.70. The summed E-state index contributed by atoms with van der Waals surface area (Å²) in [6, 6.07) is -0.416. The third-order valence-electron chi connectivity index (χ3n) is 2.84. The van der Waals surface area contributed by atoms with Gasteiger partial charge in [-0.25, -0.2) is 4.79 Å². The number of amides is 2. The van der Waals surface area contributed by atoms with E-state index in [0.717, 1.165) is 17.0 Å². The second-order valence-corrected chi connectivity index (χ2v) is 6.43. The summed E-state index contributed by atoms with van der Waals surface area (Å²) in [6.45, 7) is 6.15. The zero-order valence-electron chi connectivity index (χ0n) is 12.6. The molecule has 7 nitrogen and oxygen atoms in total. The maximum Gasteiger partial charge on any atom is 0.321 e. The second-order valence-electron chi connectivity index (χ2n) is 5.37. The topological polar surface area (TPSA) is 84.7 Å². The molecule has 0 saturated heterocycles. The van der Waals surface area contributed by atoms with Crippen LogP contribution in [0.3, 0.4) is 0 Å². The Morgan fingerprint density at radius 1 is 1.38 bits per heavy atom. The van der Waals surface area contributed by atoms with Crippen LogP contribution in [-0.2, 0) is 13.5 Å². The minimum atomic E-state index is -0.293. The van der Waals surface area contributed by atoms with Gasteiger partial charge < -0.3 is 5.32 Å². The lowest BCUT2D eigenvalue weighted by Crippen LogP contribution is -2.30. The number of nitrogens with one attached hydrogen (secondary N) is 2. The molecule has 0 spiro atoms. The van der Waals surface area contributed by atoms with Crippen molar-refractivity contribution in [1.29, 1.82) is 0 Å². The highest BCUT2D eigenvalue weighted by atomic mass is 32.1. The van der Waals surface area contributed by atoms with Crippen molar-refractivity contribution in [3.05, 3.63) is 23.0 Å². The molecule has 0 aromatic carbocycles. The molecule has 2 aromatic rings. The van der Waals surface area contributed by atoms with E-state index in [1.807, 2.05) is 20.2 Å². The molecule has 0 saturated carbocycles. The average Bonchev–Trinajstić information content (AvgIpc) is 2.98. The maximum atomic E-state index is 11.9. The van der Waals surface area contributed by atoms with E-state index >= 15 is 0 Å². The van der Waals surface area contributed by atoms with Crippen molar-refractivity contribution in [2.75, 3.05) is 5.32 Å². The molecule has 1 atom stereocenters. The lowest BCUT2D eigenvalue weighted by molar-refractivity contribution is 0.249. The summed E-state index contributed by atoms with van der Waals surface area (Å²) in [5, 5.41) is 19.1. The van der Waals surface area contributed by atoms with E-state index in [1.54, 1.807) is 10.9 Å². The molecule has 2 rings (SSSR count). The normalized spacial score (nSPS) is 12.4. The van der Waals surface area contributed by atoms with Crippen LogP contribution in [0.4, 0.5) is 9.93 Å². The standard InChI is InChI=1S/C13H20N6OS/c1-8(2)5-11-17-18-13(21-11)16-12(20)15-9(3)10-6-14-19(4)7-10/h6-9H,5H2,1-4H3,(H2,15,16,18,20)/t9-/m0/s1. The van der Waals surface area contributed by atoms with Gasteiger partial charge in [-0.3, -0.25) is 10.00 Å². The monoisotopic (exact) mass is 308 g/mol. The van der Waals surface area contributed by atoms with E-state index in [1.165, 1.54) is 11.3 Å². The van der Waals surface area contributed by atoms with Crippen molar-refractivity contribution >= 4 is 22.5 Å². The molecule has 0 aliphatic rings. The maximum absolute atomic E-state index is 11.9. The minimum Gasteiger partial charge on any atom is -0.331 e. The molecular weight excluding hydrogens is 288 g/mol. The largest absolute Gasteiger partial charge is 0.331 e. The summed E-state index contributed by atoms with van der Waals surface area (Å²) >= 11 is 1.41. The number of aryl methyl sites for hydroxylation is 1. The van der Waals surface area contributed by atoms with Gasteiger partial charge in [-0.1, -0.05) is 25.2 Å². The van der Waals surface area contributed by atoms with E-state index in [-0.39, 0.29) is 12.1 Å². The molecule has 0 radical (unpaired) electrons. The van der Waals surface area contributed by atoms with E-state index in [2.05, 4.69) is 39.8 Å². The second kappa shape index (κ2) is 6.66. The molecule has 114 valence electrons. The summed E-state index contributed by atoms with van der Waals surface area (Å²) in [6.07, 6.45) is 4.47. The van der Waals surface area contributed by atoms with E-state index in [9.17, 15) is 4.79 Å². The number of hydrogen-bond acceptors (Lipinski definition) is 5. The molecule has 2 N–H and O–H groups in total. The first kappa shape index (κ1) is 15.4. The van der Waals surface area contributed by atoms with Crippen molar-refractivity contribution in [2.24, 2.45) is 13.0 Å². The Kier molecular flexibility index (Phi) is 4.89. The van der Waals surface area contributed by atoms with Gasteiger partial charge in [0.05, 0.1) is 12.2 Å². The zero-order valence-corrected chi connectivity index (χ0v) is 13.4. The Morgan fingerprint density at radius 2 is 2.14 bits per heavy atom. The van der Waals surface area contributed by atoms with Crippen LogP contribution in [0.15, 0.2) is 12.4 Å². The fourth-order valence-corrected chi connectivity index (χ4v) is 2.76. The number of aromatic nitrogens is 4. The third kappa shape index (κ3) is 4.52. The molecule has 21 heavy (non-hydrogen) atoms. The highest BCUT2D eigenvalue weighted by Crippen LogP contribution is 2.18. The smallest absolute Gasteiger partial charge is 0.321 e. The van der Waals surface area contributed by atoms with Crippen LogP contribution < -0.4 is 10.6 Å². The summed E-state index contributed by atoms with van der Waals surface area (Å²) < 4.78 is 1.70. The Bertz CT molecular complexity index is 605. The van der Waals surface area contributed by atoms with E-state index < -0.39 is 0 Å². The van der Waals surface area contributed by atoms with Crippen molar-refractivity contribution in [2.45, 2.75) is 33.2 Å². The molecule has 2 aromatic heterocycles. The van der Waals surface area contributed by atoms with Crippen LogP contribution >= 0.6 is 11.3 Å². The van der Waals surface area contributed by atoms with E-state index in [0.29, 0.717) is 11.0 Å². The number of anilines is 1. The van der Waals surface area contributed by atoms with Gasteiger partial charge in [0.2, 0.25) is 5.13 Å². The van der Waals surface area contributed by atoms with Crippen LogP contribution in [-0.4, -0.2) is 26.0 Å². The van der Waals surface area contributed by atoms with Crippen LogP contribution in [0.25, 0.3) is 0 Å². The number of urea groups is 1. The summed E-state index contributed by atoms with van der Waals surface area (Å²) in [4.78, 5) is 11.9. The Labute approximate surface area is 127 Å². The predicted molar refractivity (Wildman–Crippen MR) is 82.2 cm³/mol. The Morgan fingerprint density at radius 3 is 2.76 bits per heavy atom. The molecule has 2 amide bonds. The number of rotatable bonds is 5. The van der Waals surface area contributed by atoms with Gasteiger partial charge in [-0.15, -0.1) is 10.2 Å². The van der Waals surface area contributed by atoms with Gasteiger partial charge in [0, 0.05) is 25.2 Å². The van der Waals surface area contributed by atoms with Crippen molar-refractivity contribution < 1.29 is 4.79 Å². The van der Waals surface area contributed by atoms with Gasteiger partial charge >= 0.3 is 6.03 Å². The molecule has 0 aliphatic heterocycles. The average molecular weight is 308 g/mol. The fourth-order valence-electron chi connectivity index (χ4n) is 1.81. The van der Waals surface area contributed by atoms with Gasteiger partial charge in [0.25, 0.3) is 0 Å². The molecule has 2 heterocycles. The highest BCUT2D eigenvalue weighted by Gasteiger charge is 2.13. The predicted octanol–water partition coefficient (Wildman–Crippen LogP) is 2.35. The highest BCUT2D eigenvalue weighted by molar-refractivity contribution is 7.15. The van der Waals surface area contributed by atoms with E-state index in [4.69, 9.17) is 0 Å². The van der Waals surface area contributed by atoms with Crippen molar-refractivity contribution in [3.8, 4) is 0 Å². The first-order chi connectivity index (χ1) is 9.94. The molecule has 0 fully saturated rings. The number of carbonyl (C=O) groups excluding carboxylic acids is 1. The molecular formula is C13H20N6OS. The van der Waals surface area contributed by atoms with Gasteiger partial charge in [-0.2, -0.15) is 5.10 Å². The SMILES string of the molecule is CC(C)Cc1nnc(NC(=O)N[C@@H](C)c2cnn(C)c2)s1. The van der Waals surface area contributed by atoms with Crippen LogP contribution in [0.2, 0.25) is 0 Å². The number of carbonyl (C=O) groups is 1. The van der Waals surface area contributed by atoms with Crippen molar-refractivity contribution in [3.63, 3.8) is 0 Å². The van der Waals surface area contributed by atoms with Crippen LogP contribution in [0, 0.1) is 5.92 Å². The minimum absolute atomic E-state index is 0.123. The first-order valence-electron chi connectivity index (χ1n) is 6.82. The fraction of sp³-hybridized carbons (Fsp3) is 0.538. The molecule has 8 heteroatoms. The quantitative estimate of drug-likeness (QED) is 0.888. The van der Waals surface area contributed by atoms with Gasteiger partial charge in [0.15, 0.2) is 0 Å². The summed E-state index contributed by atoms with van der Waals surface area (Å²) in [5.74, 6) is 0.519.